The van der Waals surface area contributed by atoms with Gasteiger partial charge in [-0.25, -0.2) is 0 Å². The summed E-state index contributed by atoms with van der Waals surface area (Å²) in [6, 6.07) is 3.82. The molecule has 0 saturated carbocycles. The predicted molar refractivity (Wildman–Crippen MR) is 78.9 cm³/mol. The van der Waals surface area contributed by atoms with E-state index in [1.54, 1.807) is 0 Å². The molecule has 0 spiro atoms. The van der Waals surface area contributed by atoms with Gasteiger partial charge in [0.2, 0.25) is 17.7 Å². The minimum atomic E-state index is -0.341. The van der Waals surface area contributed by atoms with Crippen LogP contribution in [-0.4, -0.2) is 6.79 Å². The quantitative estimate of drug-likeness (QED) is 0.813. The van der Waals surface area contributed by atoms with Crippen molar-refractivity contribution in [2.75, 3.05) is 6.79 Å². The van der Waals surface area contributed by atoms with Gasteiger partial charge in [0.05, 0.1) is 0 Å². The molecule has 0 fully saturated rings. The molecule has 1 heterocycles. The Morgan fingerprint density at radius 3 is 2.67 bits per heavy atom. The van der Waals surface area contributed by atoms with Gasteiger partial charge in [-0.3, -0.25) is 9.59 Å². The summed E-state index contributed by atoms with van der Waals surface area (Å²) in [7, 11) is 0. The summed E-state index contributed by atoms with van der Waals surface area (Å²) >= 11 is 0. The zero-order valence-corrected chi connectivity index (χ0v) is 11.9. The van der Waals surface area contributed by atoms with E-state index in [-0.39, 0.29) is 23.6 Å². The smallest absolute Gasteiger partial charge is 0.234 e. The SMILES string of the molecule is CCCC[C@H]1Cc2cc3c(cc2-c2c1c(=O)c2=O)OCO3. The van der Waals surface area contributed by atoms with Crippen LogP contribution in [0, 0.1) is 0 Å². The molecule has 21 heavy (non-hydrogen) atoms. The topological polar surface area (TPSA) is 52.6 Å². The van der Waals surface area contributed by atoms with Crippen molar-refractivity contribution in [1.82, 2.24) is 0 Å². The first-order valence-corrected chi connectivity index (χ1v) is 7.46. The van der Waals surface area contributed by atoms with Crippen LogP contribution >= 0.6 is 0 Å². The van der Waals surface area contributed by atoms with E-state index >= 15 is 0 Å². The van der Waals surface area contributed by atoms with Crippen molar-refractivity contribution < 1.29 is 9.47 Å². The third-order valence-corrected chi connectivity index (χ3v) is 4.60. The van der Waals surface area contributed by atoms with Crippen LogP contribution in [-0.2, 0) is 6.42 Å². The second-order valence-electron chi connectivity index (χ2n) is 5.85. The van der Waals surface area contributed by atoms with Crippen LogP contribution in [0.1, 0.15) is 43.2 Å². The fourth-order valence-electron chi connectivity index (χ4n) is 3.52. The number of ether oxygens (including phenoxy) is 2. The monoisotopic (exact) mass is 284 g/mol. The van der Waals surface area contributed by atoms with Gasteiger partial charge in [-0.2, -0.15) is 0 Å². The van der Waals surface area contributed by atoms with E-state index in [9.17, 15) is 9.59 Å². The second-order valence-corrected chi connectivity index (χ2v) is 5.85. The van der Waals surface area contributed by atoms with Crippen LogP contribution < -0.4 is 20.3 Å². The molecule has 1 aliphatic carbocycles. The Morgan fingerprint density at radius 1 is 1.14 bits per heavy atom. The van der Waals surface area contributed by atoms with E-state index in [0.29, 0.717) is 11.3 Å². The summed E-state index contributed by atoms with van der Waals surface area (Å²) in [5.74, 6) is 1.59. The number of unbranched alkanes of at least 4 members (excludes halogenated alkanes) is 1. The molecule has 4 nitrogen and oxygen atoms in total. The van der Waals surface area contributed by atoms with Crippen molar-refractivity contribution >= 4 is 0 Å². The normalized spacial score (nSPS) is 18.6. The highest BCUT2D eigenvalue weighted by atomic mass is 16.7. The van der Waals surface area contributed by atoms with Crippen molar-refractivity contribution in [3.8, 4) is 22.6 Å². The lowest BCUT2D eigenvalue weighted by Gasteiger charge is -2.28. The number of hydrogen-bond donors (Lipinski definition) is 0. The largest absolute Gasteiger partial charge is 0.454 e. The Labute approximate surface area is 122 Å². The van der Waals surface area contributed by atoms with Gasteiger partial charge in [0, 0.05) is 11.1 Å². The molecule has 4 rings (SSSR count). The molecular formula is C17H16O4. The lowest BCUT2D eigenvalue weighted by molar-refractivity contribution is 0.174. The number of hydrogen-bond acceptors (Lipinski definition) is 4. The first-order valence-electron chi connectivity index (χ1n) is 7.46. The van der Waals surface area contributed by atoms with E-state index in [0.717, 1.165) is 48.1 Å². The molecule has 0 amide bonds. The lowest BCUT2D eigenvalue weighted by Crippen LogP contribution is -2.41. The minimum Gasteiger partial charge on any atom is -0.454 e. The maximum Gasteiger partial charge on any atom is 0.234 e. The van der Waals surface area contributed by atoms with Crippen molar-refractivity contribution in [2.24, 2.45) is 0 Å². The van der Waals surface area contributed by atoms with Crippen LogP contribution in [0.15, 0.2) is 21.7 Å². The Kier molecular flexibility index (Phi) is 2.67. The number of fused-ring (bicyclic) bond motifs is 4. The van der Waals surface area contributed by atoms with Crippen LogP contribution in [0.2, 0.25) is 0 Å². The number of rotatable bonds is 3. The zero-order valence-electron chi connectivity index (χ0n) is 11.9. The van der Waals surface area contributed by atoms with Gasteiger partial charge in [0.1, 0.15) is 0 Å². The summed E-state index contributed by atoms with van der Waals surface area (Å²) in [4.78, 5) is 23.9. The lowest BCUT2D eigenvalue weighted by atomic mass is 9.73. The van der Waals surface area contributed by atoms with E-state index < -0.39 is 0 Å². The zero-order chi connectivity index (χ0) is 14.6. The van der Waals surface area contributed by atoms with Gasteiger partial charge < -0.3 is 9.47 Å². The number of benzene rings is 1. The van der Waals surface area contributed by atoms with Crippen molar-refractivity contribution in [2.45, 2.75) is 38.5 Å². The van der Waals surface area contributed by atoms with Crippen molar-refractivity contribution in [3.63, 3.8) is 0 Å². The van der Waals surface area contributed by atoms with Crippen molar-refractivity contribution in [1.29, 1.82) is 0 Å². The fraction of sp³-hybridized carbons (Fsp3) is 0.412. The molecule has 1 aliphatic heterocycles. The minimum absolute atomic E-state index is 0.179. The van der Waals surface area contributed by atoms with Gasteiger partial charge in [0.15, 0.2) is 11.5 Å². The second kappa shape index (κ2) is 4.45. The average molecular weight is 284 g/mol. The van der Waals surface area contributed by atoms with Crippen LogP contribution in [0.3, 0.4) is 0 Å². The summed E-state index contributed by atoms with van der Waals surface area (Å²) < 4.78 is 10.8. The maximum atomic E-state index is 12.0. The van der Waals surface area contributed by atoms with Gasteiger partial charge in [-0.1, -0.05) is 19.8 Å². The molecule has 1 atom stereocenters. The van der Waals surface area contributed by atoms with Gasteiger partial charge >= 0.3 is 0 Å². The molecular weight excluding hydrogens is 268 g/mol. The highest BCUT2D eigenvalue weighted by molar-refractivity contribution is 5.79. The third kappa shape index (κ3) is 1.68. The van der Waals surface area contributed by atoms with E-state index in [2.05, 4.69) is 6.92 Å². The highest BCUT2D eigenvalue weighted by Gasteiger charge is 2.35. The fourth-order valence-corrected chi connectivity index (χ4v) is 3.52. The first kappa shape index (κ1) is 12.6. The van der Waals surface area contributed by atoms with Gasteiger partial charge in [-0.15, -0.1) is 0 Å². The summed E-state index contributed by atoms with van der Waals surface area (Å²) in [5.41, 5.74) is 2.72. The Morgan fingerprint density at radius 2 is 1.90 bits per heavy atom. The maximum absolute atomic E-state index is 12.0. The molecule has 2 aromatic rings. The average Bonchev–Trinajstić information content (AvgIpc) is 2.95. The molecule has 4 heteroatoms. The van der Waals surface area contributed by atoms with Gasteiger partial charge in [-0.05, 0) is 42.0 Å². The van der Waals surface area contributed by atoms with E-state index in [4.69, 9.17) is 9.47 Å². The van der Waals surface area contributed by atoms with Gasteiger partial charge in [0.25, 0.3) is 0 Å². The Balaban J connectivity index is 1.85. The molecule has 0 radical (unpaired) electrons. The molecule has 2 aliphatic rings. The molecule has 2 aromatic carbocycles. The Bertz CT molecular complexity index is 796. The third-order valence-electron chi connectivity index (χ3n) is 4.60. The van der Waals surface area contributed by atoms with Crippen LogP contribution in [0.25, 0.3) is 11.1 Å². The predicted octanol–water partition coefficient (Wildman–Crippen LogP) is 2.51. The molecule has 0 aromatic heterocycles. The first-order chi connectivity index (χ1) is 10.2. The summed E-state index contributed by atoms with van der Waals surface area (Å²) in [6.45, 7) is 2.36. The van der Waals surface area contributed by atoms with Crippen LogP contribution in [0.4, 0.5) is 0 Å². The molecule has 0 saturated heterocycles. The molecule has 108 valence electrons. The summed E-state index contributed by atoms with van der Waals surface area (Å²) in [5, 5.41) is 0. The molecule has 0 bridgehead atoms. The molecule has 0 unspecified atom stereocenters. The van der Waals surface area contributed by atoms with E-state index in [1.165, 1.54) is 0 Å². The van der Waals surface area contributed by atoms with Crippen molar-refractivity contribution in [3.05, 3.63) is 43.7 Å². The summed E-state index contributed by atoms with van der Waals surface area (Å²) in [6.07, 6.45) is 3.93. The van der Waals surface area contributed by atoms with Crippen LogP contribution in [0.5, 0.6) is 11.5 Å². The molecule has 0 N–H and O–H groups in total. The van der Waals surface area contributed by atoms with E-state index in [1.807, 2.05) is 12.1 Å². The Hall–Kier alpha value is -2.10. The highest BCUT2D eigenvalue weighted by Crippen LogP contribution is 2.45. The standard InChI is InChI=1S/C17H16O4/c1-2-3-4-9-5-10-6-12-13(21-8-20-12)7-11(10)15-14(9)16(18)17(15)19/h6-7,9H,2-5,8H2,1H3/t9-/m0/s1.